The highest BCUT2D eigenvalue weighted by Gasteiger charge is 2.06. The summed E-state index contributed by atoms with van der Waals surface area (Å²) in [5.74, 6) is 0.539. The molecule has 0 unspecified atom stereocenters. The Morgan fingerprint density at radius 3 is 2.79 bits per heavy atom. The molecule has 2 aromatic rings. The van der Waals surface area contributed by atoms with Gasteiger partial charge in [0.15, 0.2) is 0 Å². The van der Waals surface area contributed by atoms with Gasteiger partial charge in [0, 0.05) is 5.92 Å². The molecule has 0 saturated carbocycles. The van der Waals surface area contributed by atoms with Crippen LogP contribution in [0.4, 0.5) is 0 Å². The molecule has 0 aliphatic rings. The van der Waals surface area contributed by atoms with Crippen LogP contribution in [0.15, 0.2) is 18.2 Å². The van der Waals surface area contributed by atoms with E-state index in [2.05, 4.69) is 44.0 Å². The summed E-state index contributed by atoms with van der Waals surface area (Å²) in [6, 6.07) is 6.60. The first kappa shape index (κ1) is 9.66. The van der Waals surface area contributed by atoms with Crippen molar-refractivity contribution in [3.63, 3.8) is 0 Å². The highest BCUT2D eigenvalue weighted by Crippen LogP contribution is 2.27. The number of hydrogen-bond acceptors (Lipinski definition) is 2. The SMILES string of the molecule is CCc1ccc2sc(C(C)C)nc2c1. The second-order valence-electron chi connectivity index (χ2n) is 3.86. The van der Waals surface area contributed by atoms with Gasteiger partial charge in [0.25, 0.3) is 0 Å². The highest BCUT2D eigenvalue weighted by molar-refractivity contribution is 7.18. The lowest BCUT2D eigenvalue weighted by Gasteiger charge is -1.94. The zero-order valence-corrected chi connectivity index (χ0v) is 9.69. The minimum absolute atomic E-state index is 0.539. The molecule has 1 heterocycles. The number of nitrogens with zero attached hydrogens (tertiary/aromatic N) is 1. The van der Waals surface area contributed by atoms with Crippen LogP contribution in [0.1, 0.15) is 37.3 Å². The summed E-state index contributed by atoms with van der Waals surface area (Å²) >= 11 is 1.81. The summed E-state index contributed by atoms with van der Waals surface area (Å²) in [5, 5.41) is 1.24. The van der Waals surface area contributed by atoms with E-state index in [1.165, 1.54) is 15.3 Å². The molecule has 0 fully saturated rings. The Bertz CT molecular complexity index is 443. The Kier molecular flexibility index (Phi) is 2.55. The van der Waals surface area contributed by atoms with Crippen LogP contribution in [0.25, 0.3) is 10.2 Å². The molecule has 1 nitrogen and oxygen atoms in total. The average Bonchev–Trinajstić information content (AvgIpc) is 2.59. The van der Waals surface area contributed by atoms with Crippen molar-refractivity contribution in [2.75, 3.05) is 0 Å². The van der Waals surface area contributed by atoms with Gasteiger partial charge in [-0.1, -0.05) is 26.8 Å². The Morgan fingerprint density at radius 1 is 1.36 bits per heavy atom. The van der Waals surface area contributed by atoms with Crippen LogP contribution < -0.4 is 0 Å². The number of fused-ring (bicyclic) bond motifs is 1. The molecule has 2 rings (SSSR count). The van der Waals surface area contributed by atoms with Crippen molar-refractivity contribution >= 4 is 21.6 Å². The lowest BCUT2D eigenvalue weighted by Crippen LogP contribution is -1.83. The van der Waals surface area contributed by atoms with Crippen molar-refractivity contribution in [2.45, 2.75) is 33.1 Å². The Hall–Kier alpha value is -0.890. The predicted octanol–water partition coefficient (Wildman–Crippen LogP) is 3.98. The van der Waals surface area contributed by atoms with E-state index in [0.717, 1.165) is 11.9 Å². The van der Waals surface area contributed by atoms with Gasteiger partial charge in [-0.25, -0.2) is 4.98 Å². The third-order valence-electron chi connectivity index (χ3n) is 2.37. The molecule has 0 saturated heterocycles. The quantitative estimate of drug-likeness (QED) is 0.722. The van der Waals surface area contributed by atoms with Crippen LogP contribution in [0.5, 0.6) is 0 Å². The number of rotatable bonds is 2. The molecule has 0 aliphatic carbocycles. The maximum absolute atomic E-state index is 4.64. The first-order valence-corrected chi connectivity index (χ1v) is 5.91. The minimum Gasteiger partial charge on any atom is -0.241 e. The fraction of sp³-hybridized carbons (Fsp3) is 0.417. The monoisotopic (exact) mass is 205 g/mol. The van der Waals surface area contributed by atoms with E-state index in [1.54, 1.807) is 0 Å². The maximum Gasteiger partial charge on any atom is 0.0963 e. The van der Waals surface area contributed by atoms with Gasteiger partial charge in [0.05, 0.1) is 15.2 Å². The molecule has 1 aromatic carbocycles. The zero-order valence-electron chi connectivity index (χ0n) is 8.87. The molecule has 74 valence electrons. The Morgan fingerprint density at radius 2 is 2.14 bits per heavy atom. The van der Waals surface area contributed by atoms with Gasteiger partial charge < -0.3 is 0 Å². The fourth-order valence-corrected chi connectivity index (χ4v) is 2.41. The van der Waals surface area contributed by atoms with Crippen molar-refractivity contribution in [1.82, 2.24) is 4.98 Å². The van der Waals surface area contributed by atoms with Crippen molar-refractivity contribution in [3.8, 4) is 0 Å². The smallest absolute Gasteiger partial charge is 0.0963 e. The molecule has 0 atom stereocenters. The molecule has 0 N–H and O–H groups in total. The van der Waals surface area contributed by atoms with Gasteiger partial charge in [-0.15, -0.1) is 11.3 Å². The van der Waals surface area contributed by atoms with Gasteiger partial charge in [-0.3, -0.25) is 0 Å². The lowest BCUT2D eigenvalue weighted by molar-refractivity contribution is 0.856. The van der Waals surface area contributed by atoms with Crippen LogP contribution in [0.3, 0.4) is 0 Å². The van der Waals surface area contributed by atoms with Gasteiger partial charge >= 0.3 is 0 Å². The zero-order chi connectivity index (χ0) is 10.1. The molecule has 14 heavy (non-hydrogen) atoms. The molecular formula is C12H15NS. The first-order valence-electron chi connectivity index (χ1n) is 5.10. The molecule has 2 heteroatoms. The summed E-state index contributed by atoms with van der Waals surface area (Å²) in [6.45, 7) is 6.56. The molecule has 0 amide bonds. The third-order valence-corrected chi connectivity index (χ3v) is 3.71. The number of benzene rings is 1. The topological polar surface area (TPSA) is 12.9 Å². The van der Waals surface area contributed by atoms with E-state index in [0.29, 0.717) is 5.92 Å². The second-order valence-corrected chi connectivity index (χ2v) is 4.92. The van der Waals surface area contributed by atoms with Crippen LogP contribution in [0, 0.1) is 0 Å². The molecular weight excluding hydrogens is 190 g/mol. The van der Waals surface area contributed by atoms with Gasteiger partial charge in [0.2, 0.25) is 0 Å². The number of thiazole rings is 1. The van der Waals surface area contributed by atoms with Crippen molar-refractivity contribution in [3.05, 3.63) is 28.8 Å². The summed E-state index contributed by atoms with van der Waals surface area (Å²) < 4.78 is 1.31. The van der Waals surface area contributed by atoms with E-state index in [9.17, 15) is 0 Å². The summed E-state index contributed by atoms with van der Waals surface area (Å²) in [7, 11) is 0. The summed E-state index contributed by atoms with van der Waals surface area (Å²) in [5.41, 5.74) is 2.54. The van der Waals surface area contributed by atoms with E-state index in [1.807, 2.05) is 11.3 Å². The number of hydrogen-bond donors (Lipinski definition) is 0. The maximum atomic E-state index is 4.64. The van der Waals surface area contributed by atoms with Crippen molar-refractivity contribution in [2.24, 2.45) is 0 Å². The van der Waals surface area contributed by atoms with E-state index < -0.39 is 0 Å². The normalized spacial score (nSPS) is 11.4. The van der Waals surface area contributed by atoms with Gasteiger partial charge in [0.1, 0.15) is 0 Å². The van der Waals surface area contributed by atoms with Crippen molar-refractivity contribution < 1.29 is 0 Å². The summed E-state index contributed by atoms with van der Waals surface area (Å²) in [4.78, 5) is 4.64. The molecule has 0 bridgehead atoms. The van der Waals surface area contributed by atoms with E-state index >= 15 is 0 Å². The standard InChI is InChI=1S/C12H15NS/c1-4-9-5-6-11-10(7-9)13-12(14-11)8(2)3/h5-8H,4H2,1-3H3. The number of aryl methyl sites for hydroxylation is 1. The summed E-state index contributed by atoms with van der Waals surface area (Å²) in [6.07, 6.45) is 1.09. The van der Waals surface area contributed by atoms with E-state index in [-0.39, 0.29) is 0 Å². The van der Waals surface area contributed by atoms with Crippen LogP contribution in [-0.2, 0) is 6.42 Å². The molecule has 0 radical (unpaired) electrons. The predicted molar refractivity (Wildman–Crippen MR) is 63.1 cm³/mol. The molecule has 0 aliphatic heterocycles. The second kappa shape index (κ2) is 3.70. The van der Waals surface area contributed by atoms with Gasteiger partial charge in [-0.2, -0.15) is 0 Å². The largest absolute Gasteiger partial charge is 0.241 e. The molecule has 1 aromatic heterocycles. The van der Waals surface area contributed by atoms with Crippen LogP contribution in [-0.4, -0.2) is 4.98 Å². The Balaban J connectivity index is 2.54. The van der Waals surface area contributed by atoms with Gasteiger partial charge in [-0.05, 0) is 24.1 Å². The first-order chi connectivity index (χ1) is 6.70. The van der Waals surface area contributed by atoms with Crippen LogP contribution in [0.2, 0.25) is 0 Å². The number of aromatic nitrogens is 1. The minimum atomic E-state index is 0.539. The van der Waals surface area contributed by atoms with Crippen LogP contribution >= 0.6 is 11.3 Å². The average molecular weight is 205 g/mol. The Labute approximate surface area is 88.8 Å². The third kappa shape index (κ3) is 1.67. The van der Waals surface area contributed by atoms with Crippen molar-refractivity contribution in [1.29, 1.82) is 0 Å². The highest BCUT2D eigenvalue weighted by atomic mass is 32.1. The fourth-order valence-electron chi connectivity index (χ4n) is 1.46. The molecule has 0 spiro atoms. The van der Waals surface area contributed by atoms with E-state index in [4.69, 9.17) is 0 Å². The lowest BCUT2D eigenvalue weighted by atomic mass is 10.1.